The summed E-state index contributed by atoms with van der Waals surface area (Å²) in [6.07, 6.45) is 0. The molecule has 2 aromatic heterocycles. The summed E-state index contributed by atoms with van der Waals surface area (Å²) in [6.45, 7) is 3.79. The van der Waals surface area contributed by atoms with E-state index in [2.05, 4.69) is 15.4 Å². The van der Waals surface area contributed by atoms with Crippen molar-refractivity contribution >= 4 is 22.4 Å². The van der Waals surface area contributed by atoms with Gasteiger partial charge in [-0.2, -0.15) is 5.10 Å². The molecule has 0 bridgehead atoms. The Labute approximate surface area is 97.1 Å². The maximum absolute atomic E-state index is 11.8. The van der Waals surface area contributed by atoms with Crippen molar-refractivity contribution in [2.75, 3.05) is 5.32 Å². The van der Waals surface area contributed by atoms with Crippen LogP contribution in [0.25, 0.3) is 0 Å². The minimum atomic E-state index is -0.224. The summed E-state index contributed by atoms with van der Waals surface area (Å²) >= 11 is 1.41. The molecular weight excluding hydrogens is 224 g/mol. The van der Waals surface area contributed by atoms with E-state index in [1.807, 2.05) is 19.2 Å². The SMILES string of the molecule is Cc1csc(NC(=O)c2cc(C)n(C)n2)n1. The van der Waals surface area contributed by atoms with E-state index in [1.54, 1.807) is 17.8 Å². The number of carbonyl (C=O) groups excluding carboxylic acids is 1. The lowest BCUT2D eigenvalue weighted by Gasteiger charge is -1.96. The van der Waals surface area contributed by atoms with Gasteiger partial charge in [0.1, 0.15) is 0 Å². The molecule has 2 heterocycles. The van der Waals surface area contributed by atoms with Crippen molar-refractivity contribution in [2.24, 2.45) is 7.05 Å². The Hall–Kier alpha value is -1.69. The maximum Gasteiger partial charge on any atom is 0.277 e. The molecule has 1 N–H and O–H groups in total. The Bertz CT molecular complexity index is 509. The van der Waals surface area contributed by atoms with E-state index in [9.17, 15) is 4.79 Å². The second-order valence-electron chi connectivity index (χ2n) is 3.54. The number of hydrogen-bond acceptors (Lipinski definition) is 4. The highest BCUT2D eigenvalue weighted by Gasteiger charge is 2.12. The number of aromatic nitrogens is 3. The summed E-state index contributed by atoms with van der Waals surface area (Å²) in [5.74, 6) is -0.224. The highest BCUT2D eigenvalue weighted by Crippen LogP contribution is 2.15. The Morgan fingerprint density at radius 3 is 2.75 bits per heavy atom. The zero-order chi connectivity index (χ0) is 11.7. The summed E-state index contributed by atoms with van der Waals surface area (Å²) in [5, 5.41) is 9.30. The van der Waals surface area contributed by atoms with Gasteiger partial charge >= 0.3 is 0 Å². The summed E-state index contributed by atoms with van der Waals surface area (Å²) in [6, 6.07) is 1.75. The van der Waals surface area contributed by atoms with E-state index in [4.69, 9.17) is 0 Å². The van der Waals surface area contributed by atoms with Gasteiger partial charge in [-0.3, -0.25) is 14.8 Å². The first-order chi connectivity index (χ1) is 7.56. The predicted molar refractivity (Wildman–Crippen MR) is 62.7 cm³/mol. The number of nitrogens with zero attached hydrogens (tertiary/aromatic N) is 3. The minimum Gasteiger partial charge on any atom is -0.296 e. The molecule has 0 radical (unpaired) electrons. The van der Waals surface area contributed by atoms with E-state index in [0.717, 1.165) is 11.4 Å². The van der Waals surface area contributed by atoms with Gasteiger partial charge in [-0.05, 0) is 19.9 Å². The number of amides is 1. The molecule has 0 aliphatic carbocycles. The number of hydrogen-bond donors (Lipinski definition) is 1. The predicted octanol–water partition coefficient (Wildman–Crippen LogP) is 1.75. The summed E-state index contributed by atoms with van der Waals surface area (Å²) in [7, 11) is 1.81. The van der Waals surface area contributed by atoms with Gasteiger partial charge in [-0.15, -0.1) is 11.3 Å². The standard InChI is InChI=1S/C10H12N4OS/c1-6-5-16-10(11-6)12-9(15)8-4-7(2)14(3)13-8/h4-5H,1-3H3,(H,11,12,15). The third-order valence-corrected chi connectivity index (χ3v) is 3.06. The van der Waals surface area contributed by atoms with Crippen LogP contribution in [0, 0.1) is 13.8 Å². The summed E-state index contributed by atoms with van der Waals surface area (Å²) < 4.78 is 1.67. The van der Waals surface area contributed by atoms with Gasteiger partial charge in [0.25, 0.3) is 5.91 Å². The molecule has 0 aliphatic rings. The van der Waals surface area contributed by atoms with E-state index in [0.29, 0.717) is 10.8 Å². The molecule has 2 rings (SSSR count). The summed E-state index contributed by atoms with van der Waals surface area (Å²) in [5.41, 5.74) is 2.26. The molecule has 0 saturated carbocycles. The largest absolute Gasteiger partial charge is 0.296 e. The van der Waals surface area contributed by atoms with Crippen molar-refractivity contribution in [3.8, 4) is 0 Å². The van der Waals surface area contributed by atoms with E-state index in [1.165, 1.54) is 11.3 Å². The van der Waals surface area contributed by atoms with Gasteiger partial charge in [0.05, 0.1) is 5.69 Å². The number of thiazole rings is 1. The van der Waals surface area contributed by atoms with Gasteiger partial charge in [0.15, 0.2) is 10.8 Å². The topological polar surface area (TPSA) is 59.8 Å². The molecule has 0 aliphatic heterocycles. The van der Waals surface area contributed by atoms with Crippen LogP contribution >= 0.6 is 11.3 Å². The number of carbonyl (C=O) groups is 1. The van der Waals surface area contributed by atoms with Gasteiger partial charge in [-0.1, -0.05) is 0 Å². The Morgan fingerprint density at radius 2 is 2.25 bits per heavy atom. The third kappa shape index (κ3) is 2.11. The van der Waals surface area contributed by atoms with E-state index < -0.39 is 0 Å². The molecule has 6 heteroatoms. The first-order valence-electron chi connectivity index (χ1n) is 4.80. The molecule has 0 atom stereocenters. The first-order valence-corrected chi connectivity index (χ1v) is 5.68. The number of rotatable bonds is 2. The van der Waals surface area contributed by atoms with Crippen molar-refractivity contribution in [3.63, 3.8) is 0 Å². The average Bonchev–Trinajstić information content (AvgIpc) is 2.75. The van der Waals surface area contributed by atoms with Crippen molar-refractivity contribution in [3.05, 3.63) is 28.5 Å². The van der Waals surface area contributed by atoms with Crippen LogP contribution in [0.15, 0.2) is 11.4 Å². The lowest BCUT2D eigenvalue weighted by Crippen LogP contribution is -2.12. The normalized spacial score (nSPS) is 10.4. The molecular formula is C10H12N4OS. The molecule has 2 aromatic rings. The highest BCUT2D eigenvalue weighted by molar-refractivity contribution is 7.13. The molecule has 0 spiro atoms. The fourth-order valence-electron chi connectivity index (χ4n) is 1.24. The number of anilines is 1. The molecule has 0 fully saturated rings. The monoisotopic (exact) mass is 236 g/mol. The van der Waals surface area contributed by atoms with Crippen LogP contribution in [0.3, 0.4) is 0 Å². The van der Waals surface area contributed by atoms with E-state index in [-0.39, 0.29) is 5.91 Å². The Balaban J connectivity index is 2.14. The maximum atomic E-state index is 11.8. The molecule has 0 unspecified atom stereocenters. The molecule has 16 heavy (non-hydrogen) atoms. The minimum absolute atomic E-state index is 0.224. The molecule has 0 aromatic carbocycles. The lowest BCUT2D eigenvalue weighted by atomic mass is 10.3. The second-order valence-corrected chi connectivity index (χ2v) is 4.40. The average molecular weight is 236 g/mol. The van der Waals surface area contributed by atoms with Crippen LogP contribution in [0.2, 0.25) is 0 Å². The zero-order valence-electron chi connectivity index (χ0n) is 9.31. The number of aryl methyl sites for hydroxylation is 3. The van der Waals surface area contributed by atoms with Gasteiger partial charge < -0.3 is 0 Å². The quantitative estimate of drug-likeness (QED) is 0.864. The Kier molecular flexibility index (Phi) is 2.74. The van der Waals surface area contributed by atoms with Crippen LogP contribution in [0.5, 0.6) is 0 Å². The summed E-state index contributed by atoms with van der Waals surface area (Å²) in [4.78, 5) is 15.9. The van der Waals surface area contributed by atoms with Crippen LogP contribution in [0.4, 0.5) is 5.13 Å². The highest BCUT2D eigenvalue weighted by atomic mass is 32.1. The van der Waals surface area contributed by atoms with Crippen molar-refractivity contribution in [1.82, 2.24) is 14.8 Å². The fourth-order valence-corrected chi connectivity index (χ4v) is 1.93. The smallest absolute Gasteiger partial charge is 0.277 e. The van der Waals surface area contributed by atoms with Crippen molar-refractivity contribution in [2.45, 2.75) is 13.8 Å². The molecule has 5 nitrogen and oxygen atoms in total. The zero-order valence-corrected chi connectivity index (χ0v) is 10.1. The third-order valence-electron chi connectivity index (χ3n) is 2.19. The van der Waals surface area contributed by atoms with Gasteiger partial charge in [0, 0.05) is 18.1 Å². The number of nitrogens with one attached hydrogen (secondary N) is 1. The van der Waals surface area contributed by atoms with Crippen LogP contribution in [-0.4, -0.2) is 20.7 Å². The van der Waals surface area contributed by atoms with E-state index >= 15 is 0 Å². The van der Waals surface area contributed by atoms with Gasteiger partial charge in [-0.25, -0.2) is 4.98 Å². The van der Waals surface area contributed by atoms with Crippen molar-refractivity contribution in [1.29, 1.82) is 0 Å². The molecule has 1 amide bonds. The molecule has 0 saturated heterocycles. The second kappa shape index (κ2) is 4.05. The lowest BCUT2D eigenvalue weighted by molar-refractivity contribution is 0.102. The van der Waals surface area contributed by atoms with Crippen LogP contribution in [-0.2, 0) is 7.05 Å². The van der Waals surface area contributed by atoms with Crippen molar-refractivity contribution < 1.29 is 4.79 Å². The molecule has 84 valence electrons. The van der Waals surface area contributed by atoms with Gasteiger partial charge in [0.2, 0.25) is 0 Å². The first kappa shape index (κ1) is 10.8. The fraction of sp³-hybridized carbons (Fsp3) is 0.300. The van der Waals surface area contributed by atoms with Crippen LogP contribution in [0.1, 0.15) is 21.9 Å². The van der Waals surface area contributed by atoms with Crippen LogP contribution < -0.4 is 5.32 Å². The Morgan fingerprint density at radius 1 is 1.50 bits per heavy atom.